The van der Waals surface area contributed by atoms with Gasteiger partial charge in [0.25, 0.3) is 14.2 Å². The van der Waals surface area contributed by atoms with Crippen LogP contribution in [0.25, 0.3) is 33.3 Å². The van der Waals surface area contributed by atoms with Gasteiger partial charge in [-0.1, -0.05) is 67.5 Å². The lowest BCUT2D eigenvalue weighted by Crippen LogP contribution is -2.60. The van der Waals surface area contributed by atoms with Gasteiger partial charge < -0.3 is 34.0 Å². The molecule has 0 saturated carbocycles. The van der Waals surface area contributed by atoms with E-state index in [1.807, 2.05) is 25.1 Å². The highest BCUT2D eigenvalue weighted by Gasteiger charge is 2.47. The minimum Gasteiger partial charge on any atom is -0.543 e. The number of alkyl carbamates (subject to hydrolysis) is 1. The first-order valence-corrected chi connectivity index (χ1v) is 25.5. The number of nitrogens with zero attached hydrogens (tertiary/aromatic N) is 3. The van der Waals surface area contributed by atoms with Crippen LogP contribution in [0.3, 0.4) is 0 Å². The number of hydrogen-bond acceptors (Lipinski definition) is 9. The number of aromatic nitrogens is 2. The molecule has 1 fully saturated rings. The number of nitrogens with one attached hydrogen (secondary N) is 2. The molecule has 0 radical (unpaired) electrons. The predicted molar refractivity (Wildman–Crippen MR) is 260 cm³/mol. The maximum absolute atomic E-state index is 14.4. The second kappa shape index (κ2) is 20.8. The third-order valence-corrected chi connectivity index (χ3v) is 18.9. The number of aryl methyl sites for hydroxylation is 1. The number of aliphatic carboxylic acids is 1. The van der Waals surface area contributed by atoms with Crippen molar-refractivity contribution in [3.63, 3.8) is 0 Å². The largest absolute Gasteiger partial charge is 0.543 e. The quantitative estimate of drug-likeness (QED) is 0.0707. The van der Waals surface area contributed by atoms with Gasteiger partial charge in [0.1, 0.15) is 23.4 Å². The van der Waals surface area contributed by atoms with Crippen molar-refractivity contribution >= 4 is 37.2 Å². The fourth-order valence-electron chi connectivity index (χ4n) is 9.77. The van der Waals surface area contributed by atoms with Gasteiger partial charge in [0.15, 0.2) is 0 Å². The van der Waals surface area contributed by atoms with Crippen LogP contribution in [0.5, 0.6) is 5.75 Å². The number of hydrogen-bond donors (Lipinski definition) is 4. The van der Waals surface area contributed by atoms with Crippen LogP contribution in [-0.2, 0) is 38.4 Å². The monoisotopic (exact) mass is 914 g/mol. The van der Waals surface area contributed by atoms with Crippen molar-refractivity contribution in [2.75, 3.05) is 20.3 Å². The zero-order valence-corrected chi connectivity index (χ0v) is 42.3. The highest BCUT2D eigenvalue weighted by molar-refractivity contribution is 6.78. The number of aliphatic hydroxyl groups excluding tert-OH is 1. The molecule has 1 aliphatic rings. The summed E-state index contributed by atoms with van der Waals surface area (Å²) in [5, 5.41) is 25.7. The molecule has 3 atom stereocenters. The van der Waals surface area contributed by atoms with Crippen LogP contribution in [0.2, 0.25) is 16.6 Å². The number of amides is 2. The first-order chi connectivity index (χ1) is 30.5. The third kappa shape index (κ3) is 11.6. The van der Waals surface area contributed by atoms with Crippen molar-refractivity contribution in [1.82, 2.24) is 25.3 Å². The van der Waals surface area contributed by atoms with Gasteiger partial charge in [0.2, 0.25) is 0 Å². The number of carboxylic acid groups (broad SMARTS) is 1. The zero-order chi connectivity index (χ0) is 48.2. The van der Waals surface area contributed by atoms with E-state index in [0.717, 1.165) is 50.1 Å². The molecule has 1 aliphatic heterocycles. The van der Waals surface area contributed by atoms with Gasteiger partial charge in [-0.2, -0.15) is 0 Å². The van der Waals surface area contributed by atoms with Crippen LogP contribution in [0.15, 0.2) is 54.7 Å². The second-order valence-electron chi connectivity index (χ2n) is 20.5. The molecule has 4 aromatic rings. The van der Waals surface area contributed by atoms with Crippen LogP contribution < -0.4 is 15.2 Å². The highest BCUT2D eigenvalue weighted by Crippen LogP contribution is 2.45. The Morgan fingerprint density at radius 1 is 0.954 bits per heavy atom. The first kappa shape index (κ1) is 51.2. The van der Waals surface area contributed by atoms with E-state index in [4.69, 9.17) is 18.9 Å². The van der Waals surface area contributed by atoms with E-state index >= 15 is 0 Å². The molecule has 4 N–H and O–H groups in total. The number of pyridine rings is 1. The highest BCUT2D eigenvalue weighted by atomic mass is 28.4. The lowest BCUT2D eigenvalue weighted by atomic mass is 9.84. The molecule has 14 heteroatoms. The molecular weight excluding hydrogens is 839 g/mol. The Kier molecular flexibility index (Phi) is 16.4. The Morgan fingerprint density at radius 3 is 2.22 bits per heavy atom. The van der Waals surface area contributed by atoms with Crippen molar-refractivity contribution in [3.05, 3.63) is 71.5 Å². The number of carboxylic acids is 1. The summed E-state index contributed by atoms with van der Waals surface area (Å²) in [6.07, 6.45) is 2.32. The number of fused-ring (bicyclic) bond motifs is 1. The summed E-state index contributed by atoms with van der Waals surface area (Å²) in [4.78, 5) is 44.7. The molecule has 13 nitrogen and oxygen atoms in total. The molecule has 0 bridgehead atoms. The lowest BCUT2D eigenvalue weighted by molar-refractivity contribution is -0.147. The SMILES string of the molecule is CCn1c(-c2cccnc2C(C)OC)c(CC(C)(C)CO)c2cc(-c3cc(CC(NC(=O)OC(C)(C)C)C(=O)N4CCC[C@@H](C(=O)O)N4)cc(O[Si](C(C)C)(C(C)C)C(C)C)c3)ccc21. The third-order valence-electron chi connectivity index (χ3n) is 12.9. The number of benzene rings is 2. The van der Waals surface area contributed by atoms with Gasteiger partial charge in [-0.05, 0) is 135 Å². The average Bonchev–Trinajstić information content (AvgIpc) is 3.54. The molecule has 0 spiro atoms. The summed E-state index contributed by atoms with van der Waals surface area (Å²) in [6, 6.07) is 14.6. The lowest BCUT2D eigenvalue weighted by Gasteiger charge is -2.42. The maximum atomic E-state index is 14.4. The van der Waals surface area contributed by atoms with Crippen LogP contribution in [0.4, 0.5) is 4.79 Å². The summed E-state index contributed by atoms with van der Waals surface area (Å²) in [5.41, 5.74) is 10.0. The van der Waals surface area contributed by atoms with Gasteiger partial charge in [-0.15, -0.1) is 0 Å². The number of aliphatic hydroxyl groups is 1. The summed E-state index contributed by atoms with van der Waals surface area (Å²) >= 11 is 0. The molecule has 1 saturated heterocycles. The Labute approximate surface area is 387 Å². The van der Waals surface area contributed by atoms with Gasteiger partial charge in [-0.3, -0.25) is 19.6 Å². The van der Waals surface area contributed by atoms with E-state index in [1.165, 1.54) is 5.01 Å². The number of carbonyl (C=O) groups is 3. The maximum Gasteiger partial charge on any atom is 0.408 e. The van der Waals surface area contributed by atoms with Gasteiger partial charge >= 0.3 is 12.1 Å². The van der Waals surface area contributed by atoms with Gasteiger partial charge in [-0.25, -0.2) is 10.2 Å². The Bertz CT molecular complexity index is 2290. The summed E-state index contributed by atoms with van der Waals surface area (Å²) in [5.74, 6) is -0.824. The van der Waals surface area contributed by atoms with Crippen molar-refractivity contribution in [2.24, 2.45) is 5.41 Å². The van der Waals surface area contributed by atoms with E-state index in [-0.39, 0.29) is 42.3 Å². The molecule has 3 heterocycles. The predicted octanol–water partition coefficient (Wildman–Crippen LogP) is 10.2. The normalized spacial score (nSPS) is 16.0. The number of methoxy groups -OCH3 is 1. The fraction of sp³-hybridized carbons (Fsp3) is 0.569. The molecule has 2 amide bonds. The van der Waals surface area contributed by atoms with E-state index in [9.17, 15) is 24.6 Å². The van der Waals surface area contributed by atoms with E-state index in [2.05, 4.69) is 108 Å². The number of hydrazine groups is 1. The molecule has 2 aromatic heterocycles. The Balaban J connectivity index is 1.76. The smallest absolute Gasteiger partial charge is 0.408 e. The summed E-state index contributed by atoms with van der Waals surface area (Å²) in [6.45, 7) is 28.0. The number of rotatable bonds is 18. The minimum atomic E-state index is -2.50. The van der Waals surface area contributed by atoms with E-state index < -0.39 is 49.4 Å². The van der Waals surface area contributed by atoms with Crippen LogP contribution in [0.1, 0.15) is 126 Å². The minimum absolute atomic E-state index is 0.00360. The number of carbonyl (C=O) groups excluding carboxylic acids is 2. The van der Waals surface area contributed by atoms with Crippen LogP contribution in [0, 0.1) is 5.41 Å². The van der Waals surface area contributed by atoms with E-state index in [1.54, 1.807) is 34.1 Å². The van der Waals surface area contributed by atoms with Crippen LogP contribution in [-0.4, -0.2) is 89.0 Å². The first-order valence-electron chi connectivity index (χ1n) is 23.3. The van der Waals surface area contributed by atoms with Gasteiger partial charge in [0.05, 0.1) is 17.5 Å². The topological polar surface area (TPSA) is 164 Å². The molecule has 2 unspecified atom stereocenters. The molecule has 65 heavy (non-hydrogen) atoms. The summed E-state index contributed by atoms with van der Waals surface area (Å²) in [7, 11) is -0.809. The number of ether oxygens (including phenoxy) is 2. The van der Waals surface area contributed by atoms with Crippen LogP contribution >= 0.6 is 0 Å². The standard InChI is InChI=1S/C51H75N5O8Si/c1-15-55-44-21-20-36(28-40(44)41(29-51(12,13)30-57)46(55)39-18-16-22-52-45(39)34(8)62-14)37-24-35(25-38(27-37)64-65(31(2)3,32(4)5)33(6)7)26-43(53-49(61)63-50(9,10)11)47(58)56-23-17-19-42(54-56)48(59)60/h16,18,20-22,24-25,27-28,31-34,42-43,54,57H,15,17,19,23,26,29-30H2,1-14H3,(H,53,61)(H,59,60)/t34?,42-,43?/m0/s1. The van der Waals surface area contributed by atoms with Crippen molar-refractivity contribution in [1.29, 1.82) is 0 Å². The van der Waals surface area contributed by atoms with Gasteiger partial charge in [0, 0.05) is 55.9 Å². The molecule has 0 aliphatic carbocycles. The van der Waals surface area contributed by atoms with Crippen molar-refractivity contribution in [2.45, 2.75) is 163 Å². The molecule has 2 aromatic carbocycles. The zero-order valence-electron chi connectivity index (χ0n) is 41.3. The fourth-order valence-corrected chi connectivity index (χ4v) is 15.0. The van der Waals surface area contributed by atoms with E-state index in [0.29, 0.717) is 31.6 Å². The summed E-state index contributed by atoms with van der Waals surface area (Å²) < 4.78 is 21.2. The van der Waals surface area contributed by atoms with Crippen molar-refractivity contribution < 1.29 is 38.5 Å². The average molecular weight is 914 g/mol. The van der Waals surface area contributed by atoms with Crippen molar-refractivity contribution in [3.8, 4) is 28.1 Å². The Morgan fingerprint density at radius 2 is 1.63 bits per heavy atom. The molecule has 5 rings (SSSR count). The second-order valence-corrected chi connectivity index (χ2v) is 25.8. The Hall–Kier alpha value is -4.76. The molecule has 356 valence electrons. The molecular formula is C51H75N5O8Si.